The van der Waals surface area contributed by atoms with Crippen LogP contribution in [0.2, 0.25) is 5.02 Å². The summed E-state index contributed by atoms with van der Waals surface area (Å²) in [6.07, 6.45) is 7.11. The molecule has 0 fully saturated rings. The van der Waals surface area contributed by atoms with Crippen LogP contribution in [0.5, 0.6) is 0 Å². The monoisotopic (exact) mass is 689 g/mol. The molecule has 0 saturated heterocycles. The first-order valence-electron chi connectivity index (χ1n) is 15.6. The molecule has 0 aliphatic heterocycles. The fraction of sp³-hybridized carbons (Fsp3) is 0.105. The number of nitrogens with one attached hydrogen (secondary N) is 2. The van der Waals surface area contributed by atoms with E-state index in [1.807, 2.05) is 109 Å². The lowest BCUT2D eigenvalue weighted by atomic mass is 10.1. The number of anilines is 3. The van der Waals surface area contributed by atoms with Crippen molar-refractivity contribution in [2.24, 2.45) is 0 Å². The van der Waals surface area contributed by atoms with Crippen LogP contribution in [0.25, 0.3) is 22.4 Å². The van der Waals surface area contributed by atoms with Gasteiger partial charge in [-0.15, -0.1) is 0 Å². The molecule has 12 heteroatoms. The molecule has 2 amide bonds. The van der Waals surface area contributed by atoms with Crippen LogP contribution in [0.15, 0.2) is 116 Å². The van der Waals surface area contributed by atoms with Crippen LogP contribution in [0.4, 0.5) is 21.5 Å². The first kappa shape index (κ1) is 33.8. The highest BCUT2D eigenvalue weighted by Crippen LogP contribution is 2.24. The summed E-state index contributed by atoms with van der Waals surface area (Å²) >= 11 is 5.74. The van der Waals surface area contributed by atoms with E-state index >= 15 is 0 Å². The quantitative estimate of drug-likeness (QED) is 0.160. The van der Waals surface area contributed by atoms with E-state index < -0.39 is 11.7 Å². The van der Waals surface area contributed by atoms with Gasteiger partial charge in [-0.05, 0) is 83.8 Å². The molecule has 0 radical (unpaired) electrons. The predicted octanol–water partition coefficient (Wildman–Crippen LogP) is 7.50. The second kappa shape index (κ2) is 14.6. The lowest BCUT2D eigenvalue weighted by molar-refractivity contribution is 0.101. The minimum absolute atomic E-state index is 0.00364. The fourth-order valence-corrected chi connectivity index (χ4v) is 5.35. The number of aliphatic hydroxyl groups excluding tert-OH is 1. The Hall–Kier alpha value is -6.04. The number of halogens is 2. The third-order valence-electron chi connectivity index (χ3n) is 7.79. The lowest BCUT2D eigenvalue weighted by Crippen LogP contribution is -2.13. The van der Waals surface area contributed by atoms with E-state index in [1.165, 1.54) is 12.1 Å². The first-order chi connectivity index (χ1) is 24.1. The van der Waals surface area contributed by atoms with Gasteiger partial charge in [0.2, 0.25) is 0 Å². The first-order valence-corrected chi connectivity index (χ1v) is 15.9. The summed E-state index contributed by atoms with van der Waals surface area (Å²) in [7, 11) is 3.95. The Bertz CT molecular complexity index is 2350. The second-order valence-corrected chi connectivity index (χ2v) is 12.1. The van der Waals surface area contributed by atoms with Crippen molar-refractivity contribution in [1.82, 2.24) is 18.8 Å². The molecule has 7 rings (SSSR count). The van der Waals surface area contributed by atoms with Gasteiger partial charge in [0, 0.05) is 44.6 Å². The van der Waals surface area contributed by atoms with Crippen LogP contribution < -0.4 is 15.5 Å². The zero-order valence-electron chi connectivity index (χ0n) is 27.4. The minimum atomic E-state index is -0.688. The normalized spacial score (nSPS) is 10.8. The molecule has 3 aromatic carbocycles. The molecule has 252 valence electrons. The van der Waals surface area contributed by atoms with Gasteiger partial charge in [0.15, 0.2) is 5.82 Å². The number of imidazole rings is 2. The van der Waals surface area contributed by atoms with Gasteiger partial charge < -0.3 is 29.4 Å². The number of hydrogen-bond acceptors (Lipinski definition) is 6. The van der Waals surface area contributed by atoms with Crippen molar-refractivity contribution in [3.8, 4) is 11.1 Å². The number of nitrogens with zero attached hydrogens (tertiary/aromatic N) is 5. The molecule has 3 N–H and O–H groups in total. The molecule has 0 aliphatic carbocycles. The van der Waals surface area contributed by atoms with Gasteiger partial charge in [0.1, 0.15) is 22.7 Å². The molecule has 0 aliphatic rings. The highest BCUT2D eigenvalue weighted by atomic mass is 35.5. The zero-order valence-corrected chi connectivity index (χ0v) is 28.2. The van der Waals surface area contributed by atoms with Crippen molar-refractivity contribution in [3.63, 3.8) is 0 Å². The largest absolute Gasteiger partial charge is 0.392 e. The highest BCUT2D eigenvalue weighted by Gasteiger charge is 2.15. The van der Waals surface area contributed by atoms with E-state index in [0.29, 0.717) is 11.3 Å². The number of hydrogen-bond donors (Lipinski definition) is 3. The van der Waals surface area contributed by atoms with Gasteiger partial charge in [-0.25, -0.2) is 14.4 Å². The van der Waals surface area contributed by atoms with E-state index in [9.17, 15) is 19.1 Å². The van der Waals surface area contributed by atoms with Crippen molar-refractivity contribution in [1.29, 1.82) is 0 Å². The van der Waals surface area contributed by atoms with Crippen LogP contribution in [0, 0.1) is 12.7 Å². The molecule has 0 bridgehead atoms. The SMILES string of the molecule is Cc1cccc(NC(=O)c2cn3cc(N(C)C)ccc3n2)c1.O=C(Nc1cccc(Cl)c1F)c1cn2cc(-c3cccc(CO)c3)ccc2n1. The van der Waals surface area contributed by atoms with Crippen molar-refractivity contribution in [2.75, 3.05) is 29.6 Å². The van der Waals surface area contributed by atoms with Gasteiger partial charge in [-0.3, -0.25) is 9.59 Å². The maximum Gasteiger partial charge on any atom is 0.275 e. The van der Waals surface area contributed by atoms with Crippen LogP contribution in [-0.2, 0) is 6.61 Å². The topological polar surface area (TPSA) is 116 Å². The molecular formula is C38H33ClFN7O3. The Morgan fingerprint density at radius 3 is 2.14 bits per heavy atom. The minimum Gasteiger partial charge on any atom is -0.392 e. The smallest absolute Gasteiger partial charge is 0.275 e. The van der Waals surface area contributed by atoms with Gasteiger partial charge >= 0.3 is 0 Å². The number of carbonyl (C=O) groups excluding carboxylic acids is 2. The van der Waals surface area contributed by atoms with Crippen LogP contribution in [-0.4, -0.2) is 49.8 Å². The summed E-state index contributed by atoms with van der Waals surface area (Å²) in [5.41, 5.74) is 7.47. The van der Waals surface area contributed by atoms with Gasteiger partial charge in [-0.2, -0.15) is 0 Å². The third kappa shape index (κ3) is 7.64. The Labute approximate surface area is 292 Å². The summed E-state index contributed by atoms with van der Waals surface area (Å²) in [5.74, 6) is -1.43. The van der Waals surface area contributed by atoms with E-state index in [2.05, 4.69) is 20.6 Å². The number of amides is 2. The van der Waals surface area contributed by atoms with E-state index in [4.69, 9.17) is 11.6 Å². The summed E-state index contributed by atoms with van der Waals surface area (Å²) in [5, 5.41) is 14.6. The Morgan fingerprint density at radius 2 is 1.44 bits per heavy atom. The number of aliphatic hydroxyl groups is 1. The van der Waals surface area contributed by atoms with Crippen molar-refractivity contribution in [3.05, 3.63) is 149 Å². The molecular weight excluding hydrogens is 657 g/mol. The molecule has 0 spiro atoms. The summed E-state index contributed by atoms with van der Waals surface area (Å²) < 4.78 is 17.6. The molecule has 10 nitrogen and oxygen atoms in total. The van der Waals surface area contributed by atoms with Crippen LogP contribution >= 0.6 is 11.6 Å². The van der Waals surface area contributed by atoms with E-state index in [-0.39, 0.29) is 28.9 Å². The number of pyridine rings is 2. The Balaban J connectivity index is 0.000000178. The molecule has 0 unspecified atom stereocenters. The summed E-state index contributed by atoms with van der Waals surface area (Å²) in [6.45, 7) is 1.95. The predicted molar refractivity (Wildman–Crippen MR) is 195 cm³/mol. The van der Waals surface area contributed by atoms with Gasteiger partial charge in [-0.1, -0.05) is 48.0 Å². The zero-order chi connectivity index (χ0) is 35.4. The van der Waals surface area contributed by atoms with Gasteiger partial charge in [0.05, 0.1) is 23.0 Å². The highest BCUT2D eigenvalue weighted by molar-refractivity contribution is 6.31. The molecule has 7 aromatic rings. The van der Waals surface area contributed by atoms with Crippen molar-refractivity contribution < 1.29 is 19.1 Å². The third-order valence-corrected chi connectivity index (χ3v) is 8.08. The molecule has 0 atom stereocenters. The van der Waals surface area contributed by atoms with E-state index in [1.54, 1.807) is 28.9 Å². The fourth-order valence-electron chi connectivity index (χ4n) is 5.18. The maximum absolute atomic E-state index is 14.0. The average molecular weight is 690 g/mol. The summed E-state index contributed by atoms with van der Waals surface area (Å²) in [6, 6.07) is 27.2. The second-order valence-electron chi connectivity index (χ2n) is 11.7. The number of rotatable bonds is 7. The number of benzene rings is 3. The summed E-state index contributed by atoms with van der Waals surface area (Å²) in [4.78, 5) is 35.4. The Morgan fingerprint density at radius 1 is 0.780 bits per heavy atom. The lowest BCUT2D eigenvalue weighted by Gasteiger charge is -2.11. The van der Waals surface area contributed by atoms with Crippen LogP contribution in [0.3, 0.4) is 0 Å². The number of aromatic nitrogens is 4. The van der Waals surface area contributed by atoms with E-state index in [0.717, 1.165) is 39.3 Å². The molecule has 4 aromatic heterocycles. The van der Waals surface area contributed by atoms with Gasteiger partial charge in [0.25, 0.3) is 11.8 Å². The Kier molecular flexibility index (Phi) is 9.89. The standard InChI is InChI=1S/C21H15ClFN3O2.C17H18N4O/c22-16-5-2-6-17(20(16)23)25-21(28)18-11-26-10-15(7-8-19(26)24-18)14-4-1-3-13(9-14)12-27;1-12-5-4-6-13(9-12)18-17(22)15-11-21-10-14(20(2)3)7-8-16(21)19-15/h1-11,27H,12H2,(H,25,28);4-11H,1-3H3,(H,18,22). The van der Waals surface area contributed by atoms with Crippen molar-refractivity contribution in [2.45, 2.75) is 13.5 Å². The maximum atomic E-state index is 14.0. The molecule has 4 heterocycles. The molecule has 50 heavy (non-hydrogen) atoms. The number of aryl methyl sites for hydroxylation is 1. The number of carbonyl (C=O) groups is 2. The molecule has 0 saturated carbocycles. The number of fused-ring (bicyclic) bond motifs is 2. The van der Waals surface area contributed by atoms with Crippen LogP contribution in [0.1, 0.15) is 32.1 Å². The average Bonchev–Trinajstić information content (AvgIpc) is 3.75. The van der Waals surface area contributed by atoms with Crippen molar-refractivity contribution >= 4 is 51.8 Å².